The fourth-order valence-corrected chi connectivity index (χ4v) is 3.01. The van der Waals surface area contributed by atoms with E-state index in [1.807, 2.05) is 0 Å². The predicted molar refractivity (Wildman–Crippen MR) is 80.9 cm³/mol. The smallest absolute Gasteiger partial charge is 0.339 e. The number of aromatic carboxylic acids is 1. The van der Waals surface area contributed by atoms with Crippen LogP contribution in [0.15, 0.2) is 12.1 Å². The minimum Gasteiger partial charge on any atom is -0.496 e. The van der Waals surface area contributed by atoms with Gasteiger partial charge in [-0.15, -0.1) is 0 Å². The summed E-state index contributed by atoms with van der Waals surface area (Å²) < 4.78 is 36.4. The molecule has 1 aromatic rings. The lowest BCUT2D eigenvalue weighted by Gasteiger charge is -2.47. The summed E-state index contributed by atoms with van der Waals surface area (Å²) in [7, 11) is 2.69. The SMILES string of the molecule is COCC1(NC(=O)c2cc(C(=O)O)c(OC)cc2C)CC(F)(F)C1. The van der Waals surface area contributed by atoms with Gasteiger partial charge in [-0.1, -0.05) is 0 Å². The molecule has 0 radical (unpaired) electrons. The van der Waals surface area contributed by atoms with Crippen molar-refractivity contribution in [3.05, 3.63) is 28.8 Å². The van der Waals surface area contributed by atoms with Crippen LogP contribution in [0, 0.1) is 6.92 Å². The zero-order chi connectivity index (χ0) is 18.1. The first-order chi connectivity index (χ1) is 11.1. The summed E-state index contributed by atoms with van der Waals surface area (Å²) >= 11 is 0. The van der Waals surface area contributed by atoms with E-state index in [4.69, 9.17) is 9.47 Å². The van der Waals surface area contributed by atoms with Crippen molar-refractivity contribution >= 4 is 11.9 Å². The van der Waals surface area contributed by atoms with Crippen LogP contribution in [0.2, 0.25) is 0 Å². The molecule has 1 saturated carbocycles. The number of amides is 1. The number of ether oxygens (including phenoxy) is 2. The van der Waals surface area contributed by atoms with Gasteiger partial charge in [0, 0.05) is 25.5 Å². The monoisotopic (exact) mass is 343 g/mol. The van der Waals surface area contributed by atoms with Gasteiger partial charge in [0.05, 0.1) is 19.3 Å². The van der Waals surface area contributed by atoms with Crippen LogP contribution >= 0.6 is 0 Å². The number of aryl methyl sites for hydroxylation is 1. The van der Waals surface area contributed by atoms with Crippen LogP contribution in [-0.2, 0) is 4.74 Å². The average Bonchev–Trinajstić information content (AvgIpc) is 2.44. The molecule has 1 aliphatic rings. The molecule has 1 aromatic carbocycles. The van der Waals surface area contributed by atoms with E-state index >= 15 is 0 Å². The van der Waals surface area contributed by atoms with Gasteiger partial charge in [-0.25, -0.2) is 13.6 Å². The normalized spacial score (nSPS) is 17.7. The van der Waals surface area contributed by atoms with E-state index in [0.717, 1.165) is 0 Å². The third kappa shape index (κ3) is 3.48. The van der Waals surface area contributed by atoms with Crippen LogP contribution in [0.3, 0.4) is 0 Å². The standard InChI is InChI=1S/C16H19F2NO5/c1-9-4-12(24-3)11(14(21)22)5-10(9)13(20)19-15(8-23-2)6-16(17,18)7-15/h4-5H,6-8H2,1-3H3,(H,19,20)(H,21,22). The van der Waals surface area contributed by atoms with Crippen molar-refractivity contribution < 1.29 is 33.0 Å². The third-order valence-corrected chi connectivity index (χ3v) is 4.01. The molecular formula is C16H19F2NO5. The maximum Gasteiger partial charge on any atom is 0.339 e. The number of carbonyl (C=O) groups is 2. The molecule has 0 aromatic heterocycles. The number of rotatable bonds is 6. The van der Waals surface area contributed by atoms with E-state index in [0.29, 0.717) is 5.56 Å². The Hall–Kier alpha value is -2.22. The van der Waals surface area contributed by atoms with E-state index in [9.17, 15) is 23.5 Å². The number of alkyl halides is 2. The van der Waals surface area contributed by atoms with E-state index in [1.54, 1.807) is 6.92 Å². The van der Waals surface area contributed by atoms with Gasteiger partial charge in [0.2, 0.25) is 0 Å². The Morgan fingerprint density at radius 3 is 2.33 bits per heavy atom. The van der Waals surface area contributed by atoms with Crippen LogP contribution in [-0.4, -0.2) is 49.3 Å². The second-order valence-corrected chi connectivity index (χ2v) is 6.05. The van der Waals surface area contributed by atoms with Crippen molar-refractivity contribution in [3.8, 4) is 5.75 Å². The number of halogens is 2. The second-order valence-electron chi connectivity index (χ2n) is 6.05. The molecule has 24 heavy (non-hydrogen) atoms. The Kier molecular flexibility index (Phi) is 4.80. The molecule has 0 atom stereocenters. The van der Waals surface area contributed by atoms with Gasteiger partial charge >= 0.3 is 5.97 Å². The molecule has 0 spiro atoms. The Morgan fingerprint density at radius 2 is 1.88 bits per heavy atom. The first kappa shape index (κ1) is 18.1. The van der Waals surface area contributed by atoms with Crippen LogP contribution in [0.4, 0.5) is 8.78 Å². The summed E-state index contributed by atoms with van der Waals surface area (Å²) in [4.78, 5) is 23.8. The first-order valence-electron chi connectivity index (χ1n) is 7.24. The lowest BCUT2D eigenvalue weighted by atomic mass is 9.73. The highest BCUT2D eigenvalue weighted by Gasteiger charge is 2.57. The lowest BCUT2D eigenvalue weighted by Crippen LogP contribution is -2.64. The summed E-state index contributed by atoms with van der Waals surface area (Å²) in [5, 5.41) is 11.8. The second kappa shape index (κ2) is 6.35. The van der Waals surface area contributed by atoms with Crippen LogP contribution < -0.4 is 10.1 Å². The highest BCUT2D eigenvalue weighted by molar-refractivity contribution is 6.00. The number of methoxy groups -OCH3 is 2. The van der Waals surface area contributed by atoms with Gasteiger partial charge in [0.25, 0.3) is 11.8 Å². The van der Waals surface area contributed by atoms with Crippen LogP contribution in [0.1, 0.15) is 39.1 Å². The van der Waals surface area contributed by atoms with Gasteiger partial charge in [0.1, 0.15) is 11.3 Å². The summed E-state index contributed by atoms with van der Waals surface area (Å²) in [6, 6.07) is 2.61. The largest absolute Gasteiger partial charge is 0.496 e. The van der Waals surface area contributed by atoms with Crippen molar-refractivity contribution in [2.45, 2.75) is 31.2 Å². The van der Waals surface area contributed by atoms with Crippen molar-refractivity contribution in [3.63, 3.8) is 0 Å². The average molecular weight is 343 g/mol. The number of benzene rings is 1. The Morgan fingerprint density at radius 1 is 1.25 bits per heavy atom. The predicted octanol–water partition coefficient (Wildman–Crippen LogP) is 2.25. The molecule has 0 heterocycles. The summed E-state index contributed by atoms with van der Waals surface area (Å²) in [6.07, 6.45) is -1.03. The van der Waals surface area contributed by atoms with Crippen molar-refractivity contribution in [2.75, 3.05) is 20.8 Å². The molecule has 0 saturated heterocycles. The topological polar surface area (TPSA) is 84.9 Å². The Bertz CT molecular complexity index is 667. The Labute approximate surface area is 137 Å². The quantitative estimate of drug-likeness (QED) is 0.827. The number of hydrogen-bond donors (Lipinski definition) is 2. The maximum absolute atomic E-state index is 13.3. The number of nitrogens with one attached hydrogen (secondary N) is 1. The summed E-state index contributed by atoms with van der Waals surface area (Å²) in [6.45, 7) is 1.57. The van der Waals surface area contributed by atoms with Gasteiger partial charge < -0.3 is 19.9 Å². The molecule has 132 valence electrons. The summed E-state index contributed by atoms with van der Waals surface area (Å²) in [5.74, 6) is -4.58. The van der Waals surface area contributed by atoms with E-state index in [-0.39, 0.29) is 23.5 Å². The van der Waals surface area contributed by atoms with Gasteiger partial charge in [-0.3, -0.25) is 4.79 Å². The fourth-order valence-electron chi connectivity index (χ4n) is 3.01. The number of carboxylic acid groups (broad SMARTS) is 1. The molecule has 1 fully saturated rings. The molecule has 6 nitrogen and oxygen atoms in total. The van der Waals surface area contributed by atoms with Crippen molar-refractivity contribution in [1.29, 1.82) is 0 Å². The Balaban J connectivity index is 2.29. The number of carbonyl (C=O) groups excluding carboxylic acids is 1. The molecule has 1 amide bonds. The van der Waals surface area contributed by atoms with Crippen molar-refractivity contribution in [2.24, 2.45) is 0 Å². The molecule has 0 unspecified atom stereocenters. The molecule has 1 aliphatic carbocycles. The van der Waals surface area contributed by atoms with Crippen LogP contribution in [0.25, 0.3) is 0 Å². The van der Waals surface area contributed by atoms with Crippen LogP contribution in [0.5, 0.6) is 5.75 Å². The number of carboxylic acids is 1. The fraction of sp³-hybridized carbons (Fsp3) is 0.500. The molecule has 0 bridgehead atoms. The molecule has 8 heteroatoms. The summed E-state index contributed by atoms with van der Waals surface area (Å²) in [5.41, 5.74) is -0.745. The molecule has 2 rings (SSSR count). The molecule has 0 aliphatic heterocycles. The van der Waals surface area contributed by atoms with E-state index < -0.39 is 36.2 Å². The lowest BCUT2D eigenvalue weighted by molar-refractivity contribution is -0.146. The molecular weight excluding hydrogens is 324 g/mol. The molecule has 2 N–H and O–H groups in total. The van der Waals surface area contributed by atoms with Gasteiger partial charge in [-0.05, 0) is 24.6 Å². The zero-order valence-electron chi connectivity index (χ0n) is 13.6. The highest BCUT2D eigenvalue weighted by atomic mass is 19.3. The van der Waals surface area contributed by atoms with Gasteiger partial charge in [0.15, 0.2) is 0 Å². The maximum atomic E-state index is 13.3. The zero-order valence-corrected chi connectivity index (χ0v) is 13.6. The van der Waals surface area contributed by atoms with E-state index in [2.05, 4.69) is 5.32 Å². The van der Waals surface area contributed by atoms with Gasteiger partial charge in [-0.2, -0.15) is 0 Å². The minimum atomic E-state index is -2.84. The minimum absolute atomic E-state index is 0.0463. The first-order valence-corrected chi connectivity index (χ1v) is 7.24. The van der Waals surface area contributed by atoms with Crippen molar-refractivity contribution in [1.82, 2.24) is 5.32 Å². The van der Waals surface area contributed by atoms with E-state index in [1.165, 1.54) is 26.4 Å². The number of hydrogen-bond acceptors (Lipinski definition) is 4. The highest BCUT2D eigenvalue weighted by Crippen LogP contribution is 2.45. The third-order valence-electron chi connectivity index (χ3n) is 4.01.